The number of carbonyl (C=O) groups excluding carboxylic acids is 4. The Morgan fingerprint density at radius 2 is 0.451 bits per heavy atom. The molecule has 0 aromatic heterocycles. The Balaban J connectivity index is 5.26. The van der Waals surface area contributed by atoms with Crippen LogP contribution in [0.5, 0.6) is 0 Å². The molecule has 17 nitrogen and oxygen atoms in total. The van der Waals surface area contributed by atoms with E-state index in [1.54, 1.807) is 0 Å². The van der Waals surface area contributed by atoms with Crippen molar-refractivity contribution in [3.05, 3.63) is 0 Å². The van der Waals surface area contributed by atoms with Crippen molar-refractivity contribution in [2.45, 2.75) is 523 Å². The molecule has 0 saturated heterocycles. The summed E-state index contributed by atoms with van der Waals surface area (Å²) in [5, 5.41) is 10.7. The SMILES string of the molecule is CCCCCCCCCCCCCCCC(=O)OC[C@H](COP(=O)(O)OC[C@H](O)COP(=O)(O)OC[C@@H](COC(=O)CCCCCCCCCCCCCCCCCCCCC(C)C)OC(=O)CCCCCCCCCCCCCCCCCCCCC(C)C)OC(=O)CCCCCCCCCCCCCCCCC(C)CC. The molecule has 672 valence electrons. The lowest BCUT2D eigenvalue weighted by molar-refractivity contribution is -0.161. The van der Waals surface area contributed by atoms with Gasteiger partial charge in [0.25, 0.3) is 0 Å². The van der Waals surface area contributed by atoms with Gasteiger partial charge in [0.15, 0.2) is 12.2 Å². The molecule has 0 heterocycles. The second-order valence-corrected chi connectivity index (χ2v) is 37.9. The van der Waals surface area contributed by atoms with Gasteiger partial charge in [0.1, 0.15) is 19.3 Å². The standard InChI is InChI=1S/C94H184O17P2/c1-8-10-11-12-13-14-15-30-40-47-54-61-68-75-91(96)104-81-89(111-94(99)78-71-64-57-50-43-36-29-28-33-39-46-53-60-67-74-87(7)9-2)83-108-112(100,101)106-79-88(95)80-107-113(102,103)109-84-90(110-93(98)77-70-63-56-49-42-35-27-23-19-17-21-25-32-38-45-52-59-66-73-86(5)6)82-105-92(97)76-69-62-55-48-41-34-26-22-18-16-20-24-31-37-44-51-58-65-72-85(3)4/h85-90,95H,8-84H2,1-7H3,(H,100,101)(H,102,103)/t87?,88-,89+,90+/m0/s1. The van der Waals surface area contributed by atoms with E-state index in [1.165, 1.54) is 315 Å². The van der Waals surface area contributed by atoms with E-state index in [2.05, 4.69) is 48.5 Å². The van der Waals surface area contributed by atoms with Crippen LogP contribution in [0.25, 0.3) is 0 Å². The molecule has 0 aromatic rings. The fraction of sp³-hybridized carbons (Fsp3) is 0.957. The van der Waals surface area contributed by atoms with Crippen molar-refractivity contribution in [1.29, 1.82) is 0 Å². The summed E-state index contributed by atoms with van der Waals surface area (Å²) in [5.41, 5.74) is 0. The summed E-state index contributed by atoms with van der Waals surface area (Å²) in [5.74, 6) is 0.397. The Morgan fingerprint density at radius 1 is 0.257 bits per heavy atom. The molecule has 19 heteroatoms. The highest BCUT2D eigenvalue weighted by Crippen LogP contribution is 2.45. The smallest absolute Gasteiger partial charge is 0.462 e. The molecule has 0 spiro atoms. The molecule has 0 aliphatic carbocycles. The fourth-order valence-corrected chi connectivity index (χ4v) is 16.3. The molecule has 0 amide bonds. The Labute approximate surface area is 696 Å². The van der Waals surface area contributed by atoms with Crippen LogP contribution >= 0.6 is 15.6 Å². The summed E-state index contributed by atoms with van der Waals surface area (Å²) < 4.78 is 69.2. The summed E-state index contributed by atoms with van der Waals surface area (Å²) in [6.07, 6.45) is 77.7. The number of phosphoric ester groups is 2. The summed E-state index contributed by atoms with van der Waals surface area (Å²) in [6.45, 7) is 12.2. The minimum atomic E-state index is -4.97. The average molecular weight is 1650 g/mol. The normalized spacial score (nSPS) is 14.0. The van der Waals surface area contributed by atoms with Crippen molar-refractivity contribution in [2.75, 3.05) is 39.6 Å². The van der Waals surface area contributed by atoms with Gasteiger partial charge in [-0.3, -0.25) is 37.3 Å². The third kappa shape index (κ3) is 86.3. The molecule has 113 heavy (non-hydrogen) atoms. The number of phosphoric acid groups is 2. The lowest BCUT2D eigenvalue weighted by atomic mass is 9.99. The van der Waals surface area contributed by atoms with Crippen molar-refractivity contribution in [3.63, 3.8) is 0 Å². The topological polar surface area (TPSA) is 237 Å². The monoisotopic (exact) mass is 1650 g/mol. The maximum Gasteiger partial charge on any atom is 0.472 e. The molecular formula is C94H184O17P2. The predicted octanol–water partition coefficient (Wildman–Crippen LogP) is 29.2. The van der Waals surface area contributed by atoms with Gasteiger partial charge < -0.3 is 33.8 Å². The minimum absolute atomic E-state index is 0.108. The van der Waals surface area contributed by atoms with Gasteiger partial charge in [-0.05, 0) is 43.4 Å². The molecular weight excluding hydrogens is 1460 g/mol. The summed E-state index contributed by atoms with van der Waals surface area (Å²) in [7, 11) is -9.94. The predicted molar refractivity (Wildman–Crippen MR) is 469 cm³/mol. The van der Waals surface area contributed by atoms with Crippen LogP contribution in [-0.2, 0) is 65.4 Å². The molecule has 0 rings (SSSR count). The number of ether oxygens (including phenoxy) is 4. The fourth-order valence-electron chi connectivity index (χ4n) is 14.8. The van der Waals surface area contributed by atoms with Gasteiger partial charge in [-0.25, -0.2) is 9.13 Å². The highest BCUT2D eigenvalue weighted by Gasteiger charge is 2.31. The number of rotatable bonds is 92. The molecule has 0 aromatic carbocycles. The van der Waals surface area contributed by atoms with Gasteiger partial charge in [-0.1, -0.05) is 453 Å². The summed E-state index contributed by atoms with van der Waals surface area (Å²) in [4.78, 5) is 73.5. The van der Waals surface area contributed by atoms with Crippen LogP contribution < -0.4 is 0 Å². The van der Waals surface area contributed by atoms with E-state index in [0.29, 0.717) is 25.7 Å². The maximum atomic E-state index is 13.2. The second kappa shape index (κ2) is 83.7. The first kappa shape index (κ1) is 111. The number of hydrogen-bond donors (Lipinski definition) is 3. The van der Waals surface area contributed by atoms with Crippen LogP contribution in [0.1, 0.15) is 504 Å². The molecule has 0 radical (unpaired) electrons. The van der Waals surface area contributed by atoms with Crippen LogP contribution in [0.3, 0.4) is 0 Å². The zero-order chi connectivity index (χ0) is 82.9. The number of hydrogen-bond acceptors (Lipinski definition) is 15. The first-order valence-electron chi connectivity index (χ1n) is 48.4. The van der Waals surface area contributed by atoms with Crippen molar-refractivity contribution in [1.82, 2.24) is 0 Å². The van der Waals surface area contributed by atoms with Crippen LogP contribution in [0.2, 0.25) is 0 Å². The first-order valence-corrected chi connectivity index (χ1v) is 51.4. The largest absolute Gasteiger partial charge is 0.472 e. The van der Waals surface area contributed by atoms with E-state index in [9.17, 15) is 43.2 Å². The van der Waals surface area contributed by atoms with Crippen LogP contribution in [-0.4, -0.2) is 96.7 Å². The van der Waals surface area contributed by atoms with Gasteiger partial charge in [-0.15, -0.1) is 0 Å². The number of aliphatic hydroxyl groups excluding tert-OH is 1. The van der Waals surface area contributed by atoms with Gasteiger partial charge in [0.2, 0.25) is 0 Å². The molecule has 0 fully saturated rings. The van der Waals surface area contributed by atoms with Gasteiger partial charge >= 0.3 is 39.5 Å². The van der Waals surface area contributed by atoms with E-state index in [4.69, 9.17) is 37.0 Å². The zero-order valence-electron chi connectivity index (χ0n) is 74.9. The molecule has 6 atom stereocenters. The van der Waals surface area contributed by atoms with Crippen molar-refractivity contribution >= 4 is 39.5 Å². The van der Waals surface area contributed by atoms with Crippen LogP contribution in [0.15, 0.2) is 0 Å². The lowest BCUT2D eigenvalue weighted by Crippen LogP contribution is -2.30. The maximum absolute atomic E-state index is 13.2. The van der Waals surface area contributed by atoms with E-state index in [0.717, 1.165) is 108 Å². The van der Waals surface area contributed by atoms with Gasteiger partial charge in [0.05, 0.1) is 26.4 Å². The average Bonchev–Trinajstić information content (AvgIpc) is 0.900. The Morgan fingerprint density at radius 3 is 0.673 bits per heavy atom. The molecule has 3 N–H and O–H groups in total. The van der Waals surface area contributed by atoms with E-state index >= 15 is 0 Å². The number of esters is 4. The Kier molecular flexibility index (Phi) is 82.3. The highest BCUT2D eigenvalue weighted by molar-refractivity contribution is 7.47. The first-order chi connectivity index (χ1) is 54.8. The molecule has 3 unspecified atom stereocenters. The third-order valence-electron chi connectivity index (χ3n) is 22.5. The Hall–Kier alpha value is -1.94. The molecule has 0 bridgehead atoms. The van der Waals surface area contributed by atoms with Crippen molar-refractivity contribution < 1.29 is 80.2 Å². The third-order valence-corrected chi connectivity index (χ3v) is 24.4. The van der Waals surface area contributed by atoms with E-state index < -0.39 is 97.5 Å². The number of unbranched alkanes of at least 4 members (excludes halogenated alkanes) is 59. The second-order valence-electron chi connectivity index (χ2n) is 35.0. The van der Waals surface area contributed by atoms with Crippen LogP contribution in [0, 0.1) is 17.8 Å². The summed E-state index contributed by atoms with van der Waals surface area (Å²) >= 11 is 0. The van der Waals surface area contributed by atoms with Gasteiger partial charge in [-0.2, -0.15) is 0 Å². The number of aliphatic hydroxyl groups is 1. The van der Waals surface area contributed by atoms with Crippen molar-refractivity contribution in [3.8, 4) is 0 Å². The minimum Gasteiger partial charge on any atom is -0.462 e. The molecule has 0 aliphatic rings. The zero-order valence-corrected chi connectivity index (χ0v) is 76.7. The quantitative estimate of drug-likeness (QED) is 0.0222. The van der Waals surface area contributed by atoms with Gasteiger partial charge in [0, 0.05) is 25.7 Å². The van der Waals surface area contributed by atoms with E-state index in [-0.39, 0.29) is 25.7 Å². The lowest BCUT2D eigenvalue weighted by Gasteiger charge is -2.21. The highest BCUT2D eigenvalue weighted by atomic mass is 31.2. The van der Waals surface area contributed by atoms with E-state index in [1.807, 2.05) is 0 Å². The Bertz CT molecular complexity index is 2170. The summed E-state index contributed by atoms with van der Waals surface area (Å²) in [6, 6.07) is 0. The molecule has 0 saturated carbocycles. The molecule has 0 aliphatic heterocycles. The van der Waals surface area contributed by atoms with Crippen LogP contribution in [0.4, 0.5) is 0 Å². The number of carbonyl (C=O) groups is 4. The van der Waals surface area contributed by atoms with Crippen molar-refractivity contribution in [2.24, 2.45) is 17.8 Å².